The summed E-state index contributed by atoms with van der Waals surface area (Å²) in [6.45, 7) is 0. The summed E-state index contributed by atoms with van der Waals surface area (Å²) in [6.07, 6.45) is 0. The number of sulfonamides is 1. The van der Waals surface area contributed by atoms with E-state index in [4.69, 9.17) is 16.3 Å². The lowest BCUT2D eigenvalue weighted by Crippen LogP contribution is -2.22. The molecule has 7 heteroatoms. The van der Waals surface area contributed by atoms with Gasteiger partial charge in [-0.25, -0.2) is 17.5 Å². The first-order chi connectivity index (χ1) is 12.3. The van der Waals surface area contributed by atoms with Crippen molar-refractivity contribution < 1.29 is 17.9 Å². The topological polar surface area (TPSA) is 63.7 Å². The molecule has 0 aliphatic carbocycles. The van der Waals surface area contributed by atoms with Gasteiger partial charge in [-0.1, -0.05) is 48.0 Å². The van der Waals surface area contributed by atoms with Crippen LogP contribution in [-0.2, 0) is 10.0 Å². The SMILES string of the molecule is CN(C)S(=O)(=O)c1ccc(Cl)c(C(=O)Oc2cccc3ccccc23)c1. The minimum absolute atomic E-state index is 0.0116. The average Bonchev–Trinajstić information content (AvgIpc) is 2.62. The van der Waals surface area contributed by atoms with Crippen LogP contribution >= 0.6 is 11.6 Å². The van der Waals surface area contributed by atoms with Crippen molar-refractivity contribution in [1.29, 1.82) is 0 Å². The highest BCUT2D eigenvalue weighted by Crippen LogP contribution is 2.28. The molecule has 3 aromatic carbocycles. The number of hydrogen-bond donors (Lipinski definition) is 0. The monoisotopic (exact) mass is 389 g/mol. The van der Waals surface area contributed by atoms with Gasteiger partial charge in [0.2, 0.25) is 10.0 Å². The molecular weight excluding hydrogens is 374 g/mol. The molecule has 0 aliphatic heterocycles. The zero-order valence-electron chi connectivity index (χ0n) is 14.1. The van der Waals surface area contributed by atoms with Crippen molar-refractivity contribution in [2.45, 2.75) is 4.90 Å². The predicted octanol–water partition coefficient (Wildman–Crippen LogP) is 3.96. The van der Waals surface area contributed by atoms with E-state index in [9.17, 15) is 13.2 Å². The Hall–Kier alpha value is -2.41. The summed E-state index contributed by atoms with van der Waals surface area (Å²) in [5.74, 6) is -0.341. The van der Waals surface area contributed by atoms with Crippen LogP contribution in [0.2, 0.25) is 5.02 Å². The Morgan fingerprint density at radius 1 is 1.00 bits per heavy atom. The number of nitrogens with zero attached hydrogens (tertiary/aromatic N) is 1. The van der Waals surface area contributed by atoms with Crippen LogP contribution in [0.15, 0.2) is 65.6 Å². The Bertz CT molecular complexity index is 1090. The summed E-state index contributed by atoms with van der Waals surface area (Å²) in [7, 11) is -0.861. The van der Waals surface area contributed by atoms with Crippen LogP contribution in [0.3, 0.4) is 0 Å². The Kier molecular flexibility index (Phi) is 5.00. The van der Waals surface area contributed by atoms with E-state index in [1.165, 1.54) is 32.3 Å². The predicted molar refractivity (Wildman–Crippen MR) is 101 cm³/mol. The Balaban J connectivity index is 2.00. The van der Waals surface area contributed by atoms with E-state index >= 15 is 0 Å². The number of fused-ring (bicyclic) bond motifs is 1. The van der Waals surface area contributed by atoms with Crippen molar-refractivity contribution in [3.05, 3.63) is 71.2 Å². The molecule has 0 aliphatic rings. The van der Waals surface area contributed by atoms with Gasteiger partial charge in [0.1, 0.15) is 5.75 Å². The van der Waals surface area contributed by atoms with Crippen molar-refractivity contribution in [2.24, 2.45) is 0 Å². The van der Waals surface area contributed by atoms with E-state index in [1.807, 2.05) is 30.3 Å². The Morgan fingerprint density at radius 2 is 1.69 bits per heavy atom. The summed E-state index contributed by atoms with van der Waals surface area (Å²) in [6, 6.07) is 16.8. The molecule has 0 atom stereocenters. The van der Waals surface area contributed by atoms with Crippen molar-refractivity contribution in [2.75, 3.05) is 14.1 Å². The highest BCUT2D eigenvalue weighted by atomic mass is 35.5. The normalized spacial score (nSPS) is 11.7. The van der Waals surface area contributed by atoms with Gasteiger partial charge in [0.05, 0.1) is 15.5 Å². The average molecular weight is 390 g/mol. The lowest BCUT2D eigenvalue weighted by molar-refractivity contribution is 0.0737. The van der Waals surface area contributed by atoms with Gasteiger partial charge >= 0.3 is 5.97 Å². The third-order valence-corrected chi connectivity index (χ3v) is 6.03. The lowest BCUT2D eigenvalue weighted by Gasteiger charge is -2.13. The van der Waals surface area contributed by atoms with Crippen LogP contribution < -0.4 is 4.74 Å². The summed E-state index contributed by atoms with van der Waals surface area (Å²) < 4.78 is 31.1. The molecule has 5 nitrogen and oxygen atoms in total. The second kappa shape index (κ2) is 7.07. The standard InChI is InChI=1S/C19H16ClNO4S/c1-21(2)26(23,24)14-10-11-17(20)16(12-14)19(22)25-18-9-5-7-13-6-3-4-8-15(13)18/h3-12H,1-2H3. The third kappa shape index (κ3) is 3.44. The van der Waals surface area contributed by atoms with Crippen LogP contribution in [0.5, 0.6) is 5.75 Å². The number of rotatable bonds is 4. The fraction of sp³-hybridized carbons (Fsp3) is 0.105. The summed E-state index contributed by atoms with van der Waals surface area (Å²) in [5.41, 5.74) is -0.0116. The second-order valence-electron chi connectivity index (χ2n) is 5.80. The number of hydrogen-bond acceptors (Lipinski definition) is 4. The first-order valence-electron chi connectivity index (χ1n) is 7.73. The molecule has 0 fully saturated rings. The maximum atomic E-state index is 12.6. The van der Waals surface area contributed by atoms with E-state index in [1.54, 1.807) is 12.1 Å². The van der Waals surface area contributed by atoms with Crippen molar-refractivity contribution >= 4 is 38.4 Å². The molecule has 0 N–H and O–H groups in total. The summed E-state index contributed by atoms with van der Waals surface area (Å²) in [4.78, 5) is 12.6. The van der Waals surface area contributed by atoms with E-state index < -0.39 is 16.0 Å². The van der Waals surface area contributed by atoms with E-state index in [2.05, 4.69) is 0 Å². The first kappa shape index (κ1) is 18.4. The van der Waals surface area contributed by atoms with Gasteiger partial charge in [0, 0.05) is 19.5 Å². The fourth-order valence-electron chi connectivity index (χ4n) is 2.47. The number of benzene rings is 3. The van der Waals surface area contributed by atoms with Gasteiger partial charge in [-0.15, -0.1) is 0 Å². The summed E-state index contributed by atoms with van der Waals surface area (Å²) in [5, 5.41) is 1.82. The Morgan fingerprint density at radius 3 is 2.42 bits per heavy atom. The third-order valence-electron chi connectivity index (χ3n) is 3.89. The minimum Gasteiger partial charge on any atom is -0.422 e. The van der Waals surface area contributed by atoms with Crippen LogP contribution in [0.25, 0.3) is 10.8 Å². The van der Waals surface area contributed by atoms with Crippen molar-refractivity contribution in [3.63, 3.8) is 0 Å². The molecule has 0 bridgehead atoms. The first-order valence-corrected chi connectivity index (χ1v) is 9.54. The molecule has 0 unspecified atom stereocenters. The molecule has 0 amide bonds. The van der Waals surface area contributed by atoms with E-state index in [0.717, 1.165) is 15.1 Å². The quantitative estimate of drug-likeness (QED) is 0.500. The smallest absolute Gasteiger partial charge is 0.345 e. The number of ether oxygens (including phenoxy) is 1. The molecule has 3 rings (SSSR count). The number of carbonyl (C=O) groups excluding carboxylic acids is 1. The fourth-order valence-corrected chi connectivity index (χ4v) is 3.59. The molecule has 3 aromatic rings. The van der Waals surface area contributed by atoms with Crippen molar-refractivity contribution in [3.8, 4) is 5.75 Å². The Labute approximate surface area is 156 Å². The molecule has 0 saturated heterocycles. The molecule has 0 saturated carbocycles. The van der Waals surface area contributed by atoms with Crippen LogP contribution in [0.1, 0.15) is 10.4 Å². The van der Waals surface area contributed by atoms with Crippen LogP contribution in [0.4, 0.5) is 0 Å². The molecule has 134 valence electrons. The molecular formula is C19H16ClNO4S. The molecule has 0 spiro atoms. The molecule has 26 heavy (non-hydrogen) atoms. The summed E-state index contributed by atoms with van der Waals surface area (Å²) >= 11 is 6.10. The number of carbonyl (C=O) groups is 1. The van der Waals surface area contributed by atoms with E-state index in [-0.39, 0.29) is 15.5 Å². The number of halogens is 1. The largest absolute Gasteiger partial charge is 0.422 e. The molecule has 0 radical (unpaired) electrons. The van der Waals surface area contributed by atoms with Crippen molar-refractivity contribution in [1.82, 2.24) is 4.31 Å². The minimum atomic E-state index is -3.69. The second-order valence-corrected chi connectivity index (χ2v) is 8.35. The van der Waals surface area contributed by atoms with E-state index in [0.29, 0.717) is 5.75 Å². The number of esters is 1. The zero-order chi connectivity index (χ0) is 18.9. The zero-order valence-corrected chi connectivity index (χ0v) is 15.7. The van der Waals surface area contributed by atoms with Gasteiger partial charge in [0.25, 0.3) is 0 Å². The van der Waals surface area contributed by atoms with Gasteiger partial charge in [-0.2, -0.15) is 0 Å². The highest BCUT2D eigenvalue weighted by Gasteiger charge is 2.22. The van der Waals surface area contributed by atoms with Gasteiger partial charge in [-0.3, -0.25) is 0 Å². The maximum Gasteiger partial charge on any atom is 0.345 e. The molecule has 0 aromatic heterocycles. The lowest BCUT2D eigenvalue weighted by atomic mass is 10.1. The van der Waals surface area contributed by atoms with Crippen LogP contribution in [-0.4, -0.2) is 32.8 Å². The van der Waals surface area contributed by atoms with Crippen LogP contribution in [0, 0.1) is 0 Å². The maximum absolute atomic E-state index is 12.6. The highest BCUT2D eigenvalue weighted by molar-refractivity contribution is 7.89. The van der Waals surface area contributed by atoms with Gasteiger partial charge < -0.3 is 4.74 Å². The molecule has 0 heterocycles. The van der Waals surface area contributed by atoms with Gasteiger partial charge in [0.15, 0.2) is 0 Å². The van der Waals surface area contributed by atoms with Gasteiger partial charge in [-0.05, 0) is 29.7 Å².